The monoisotopic (exact) mass is 644 g/mol. The molecule has 1 aliphatic rings. The molecule has 12 heteroatoms. The molecule has 0 aliphatic carbocycles. The fourth-order valence-corrected chi connectivity index (χ4v) is 5.33. The van der Waals surface area contributed by atoms with Crippen LogP contribution in [0.15, 0.2) is 45.7 Å². The molecule has 1 amide bonds. The molecule has 0 saturated carbocycles. The third-order valence-electron chi connectivity index (χ3n) is 6.60. The van der Waals surface area contributed by atoms with Crippen LogP contribution in [0, 0.1) is 6.92 Å². The van der Waals surface area contributed by atoms with Crippen molar-refractivity contribution in [1.29, 1.82) is 0 Å². The molecule has 0 spiro atoms. The Morgan fingerprint density at radius 3 is 2.82 bits per heavy atom. The molecule has 5 rings (SSSR count). The Labute approximate surface area is 238 Å². The molecule has 0 unspecified atom stereocenters. The number of ether oxygens (including phenoxy) is 1. The zero-order valence-corrected chi connectivity index (χ0v) is 24.6. The molecule has 38 heavy (non-hydrogen) atoms. The predicted molar refractivity (Wildman–Crippen MR) is 152 cm³/mol. The lowest BCUT2D eigenvalue weighted by Crippen LogP contribution is -2.37. The highest BCUT2D eigenvalue weighted by Crippen LogP contribution is 2.26. The number of fused-ring (bicyclic) bond motifs is 1. The van der Waals surface area contributed by atoms with E-state index in [0.717, 1.165) is 76.4 Å². The molecule has 5 heterocycles. The number of nitrogens with zero attached hydrogens (tertiary/aromatic N) is 7. The summed E-state index contributed by atoms with van der Waals surface area (Å²) in [5.41, 5.74) is 1.90. The van der Waals surface area contributed by atoms with Crippen LogP contribution in [0.2, 0.25) is 0 Å². The van der Waals surface area contributed by atoms with E-state index in [9.17, 15) is 4.79 Å². The van der Waals surface area contributed by atoms with E-state index in [1.165, 1.54) is 0 Å². The van der Waals surface area contributed by atoms with Crippen molar-refractivity contribution in [1.82, 2.24) is 34.3 Å². The molecule has 4 aromatic rings. The third-order valence-corrected chi connectivity index (χ3v) is 8.00. The highest BCUT2D eigenvalue weighted by Gasteiger charge is 2.31. The number of anilines is 2. The zero-order valence-electron chi connectivity index (χ0n) is 21.4. The minimum Gasteiger partial charge on any atom is -0.487 e. The Morgan fingerprint density at radius 1 is 1.13 bits per heavy atom. The van der Waals surface area contributed by atoms with Gasteiger partial charge in [0.1, 0.15) is 22.9 Å². The van der Waals surface area contributed by atoms with Crippen LogP contribution in [0.5, 0.6) is 5.75 Å². The van der Waals surface area contributed by atoms with E-state index in [1.807, 2.05) is 53.8 Å². The van der Waals surface area contributed by atoms with Crippen molar-refractivity contribution in [3.05, 3.63) is 57.3 Å². The number of carbonyl (C=O) groups is 1. The van der Waals surface area contributed by atoms with Crippen LogP contribution in [0.3, 0.4) is 0 Å². The fourth-order valence-electron chi connectivity index (χ4n) is 4.67. The molecule has 4 aromatic heterocycles. The molecule has 1 N–H and O–H groups in total. The average molecular weight is 646 g/mol. The van der Waals surface area contributed by atoms with E-state index in [0.29, 0.717) is 18.8 Å². The van der Waals surface area contributed by atoms with Crippen molar-refractivity contribution < 1.29 is 9.53 Å². The second-order valence-electron chi connectivity index (χ2n) is 9.50. The van der Waals surface area contributed by atoms with E-state index in [-0.39, 0.29) is 11.9 Å². The average Bonchev–Trinajstić information content (AvgIpc) is 3.54. The van der Waals surface area contributed by atoms with Crippen LogP contribution in [-0.2, 0) is 18.3 Å². The molecular weight excluding hydrogens is 616 g/mol. The standard InChI is InChI=1S/C26H30Br2N8O2/c1-17-12-23(32-24-14-20-13-18(27)9-11-36(20)33-24)31-22(30-17)6-4-3-5-10-35-19(7-8-25(35)37)16-38-21-15-29-34(2)26(21)28/h9,11-15,19H,3-8,10,16H2,1-2H3,(H,30,31,32,33)/t19-/m1/s1. The second kappa shape index (κ2) is 11.8. The van der Waals surface area contributed by atoms with Gasteiger partial charge in [-0.05, 0) is 54.2 Å². The lowest BCUT2D eigenvalue weighted by molar-refractivity contribution is -0.129. The number of hydrogen-bond acceptors (Lipinski definition) is 7. The van der Waals surface area contributed by atoms with Gasteiger partial charge in [0.25, 0.3) is 0 Å². The topological polar surface area (TPSA) is 102 Å². The Bertz CT molecular complexity index is 1440. The normalized spacial score (nSPS) is 15.5. The molecule has 1 fully saturated rings. The van der Waals surface area contributed by atoms with Gasteiger partial charge >= 0.3 is 0 Å². The van der Waals surface area contributed by atoms with Crippen LogP contribution < -0.4 is 10.1 Å². The van der Waals surface area contributed by atoms with Gasteiger partial charge in [-0.15, -0.1) is 0 Å². The highest BCUT2D eigenvalue weighted by molar-refractivity contribution is 9.10. The molecule has 0 aromatic carbocycles. The summed E-state index contributed by atoms with van der Waals surface area (Å²) >= 11 is 6.97. The number of aryl methyl sites for hydroxylation is 3. The van der Waals surface area contributed by atoms with E-state index < -0.39 is 0 Å². The summed E-state index contributed by atoms with van der Waals surface area (Å²) in [4.78, 5) is 23.8. The van der Waals surface area contributed by atoms with Gasteiger partial charge < -0.3 is 15.0 Å². The summed E-state index contributed by atoms with van der Waals surface area (Å²) in [5.74, 6) is 3.19. The van der Waals surface area contributed by atoms with Crippen molar-refractivity contribution in [3.8, 4) is 5.75 Å². The first-order chi connectivity index (χ1) is 18.4. The highest BCUT2D eigenvalue weighted by atomic mass is 79.9. The number of pyridine rings is 1. The molecule has 200 valence electrons. The number of nitrogens with one attached hydrogen (secondary N) is 1. The van der Waals surface area contributed by atoms with E-state index >= 15 is 0 Å². The number of halogens is 2. The quantitative estimate of drug-likeness (QED) is 0.223. The fraction of sp³-hybridized carbons (Fsp3) is 0.423. The summed E-state index contributed by atoms with van der Waals surface area (Å²) in [6.07, 6.45) is 8.68. The van der Waals surface area contributed by atoms with Gasteiger partial charge in [-0.2, -0.15) is 10.2 Å². The van der Waals surface area contributed by atoms with Crippen molar-refractivity contribution >= 4 is 54.9 Å². The first-order valence-electron chi connectivity index (χ1n) is 12.7. The van der Waals surface area contributed by atoms with E-state index in [4.69, 9.17) is 9.72 Å². The summed E-state index contributed by atoms with van der Waals surface area (Å²) < 4.78 is 11.3. The van der Waals surface area contributed by atoms with Crippen LogP contribution >= 0.6 is 31.9 Å². The predicted octanol–water partition coefficient (Wildman–Crippen LogP) is 5.22. The van der Waals surface area contributed by atoms with Crippen molar-refractivity contribution in [2.75, 3.05) is 18.5 Å². The molecule has 0 radical (unpaired) electrons. The largest absolute Gasteiger partial charge is 0.487 e. The number of carbonyl (C=O) groups excluding carboxylic acids is 1. The van der Waals surface area contributed by atoms with Crippen molar-refractivity contribution in [3.63, 3.8) is 0 Å². The summed E-state index contributed by atoms with van der Waals surface area (Å²) in [5, 5.41) is 12.0. The lowest BCUT2D eigenvalue weighted by Gasteiger charge is -2.24. The second-order valence-corrected chi connectivity index (χ2v) is 11.2. The molecule has 0 bridgehead atoms. The number of aromatic nitrogens is 6. The van der Waals surface area contributed by atoms with Crippen LogP contribution in [-0.4, -0.2) is 59.4 Å². The van der Waals surface area contributed by atoms with Crippen LogP contribution in [0.4, 0.5) is 11.6 Å². The van der Waals surface area contributed by atoms with Gasteiger partial charge in [0.2, 0.25) is 5.91 Å². The number of hydrogen-bond donors (Lipinski definition) is 1. The Hall–Kier alpha value is -2.99. The smallest absolute Gasteiger partial charge is 0.223 e. The minimum absolute atomic E-state index is 0.101. The van der Waals surface area contributed by atoms with Gasteiger partial charge in [0.05, 0.1) is 17.8 Å². The van der Waals surface area contributed by atoms with Gasteiger partial charge in [0.15, 0.2) is 11.6 Å². The maximum atomic E-state index is 12.5. The molecule has 1 aliphatic heterocycles. The van der Waals surface area contributed by atoms with Gasteiger partial charge in [0, 0.05) is 54.9 Å². The molecular formula is C26H30Br2N8O2. The van der Waals surface area contributed by atoms with E-state index in [1.54, 1.807) is 10.9 Å². The van der Waals surface area contributed by atoms with Crippen molar-refractivity contribution in [2.24, 2.45) is 7.05 Å². The number of unbranched alkanes of at least 4 members (excludes halogenated alkanes) is 2. The SMILES string of the molecule is Cc1cc(Nc2cc3cc(Br)ccn3n2)nc(CCCCCN2C(=O)CC[C@@H]2COc2cnn(C)c2Br)n1. The van der Waals surface area contributed by atoms with Gasteiger partial charge in [-0.1, -0.05) is 22.4 Å². The third kappa shape index (κ3) is 6.35. The molecule has 1 saturated heterocycles. The van der Waals surface area contributed by atoms with Gasteiger partial charge in [-0.3, -0.25) is 9.48 Å². The first kappa shape index (κ1) is 26.6. The maximum Gasteiger partial charge on any atom is 0.223 e. The minimum atomic E-state index is 0.101. The molecule has 10 nitrogen and oxygen atoms in total. The van der Waals surface area contributed by atoms with Gasteiger partial charge in [-0.25, -0.2) is 14.5 Å². The zero-order chi connectivity index (χ0) is 26.6. The lowest BCUT2D eigenvalue weighted by atomic mass is 10.1. The Morgan fingerprint density at radius 2 is 2.00 bits per heavy atom. The van der Waals surface area contributed by atoms with E-state index in [2.05, 4.69) is 52.4 Å². The first-order valence-corrected chi connectivity index (χ1v) is 14.3. The Kier molecular flexibility index (Phi) is 8.27. The van der Waals surface area contributed by atoms with Crippen molar-refractivity contribution in [2.45, 2.75) is 51.5 Å². The summed E-state index contributed by atoms with van der Waals surface area (Å²) in [6.45, 7) is 3.20. The Balaban J connectivity index is 1.09. The number of rotatable bonds is 11. The number of amides is 1. The maximum absolute atomic E-state index is 12.5. The molecule has 1 atom stereocenters. The summed E-state index contributed by atoms with van der Waals surface area (Å²) in [7, 11) is 1.85. The van der Waals surface area contributed by atoms with Crippen LogP contribution in [0.25, 0.3) is 5.52 Å². The van der Waals surface area contributed by atoms with Crippen LogP contribution in [0.1, 0.15) is 43.6 Å². The summed E-state index contributed by atoms with van der Waals surface area (Å²) in [6, 6.07) is 7.97. The number of likely N-dealkylation sites (tertiary alicyclic amines) is 1.